The first kappa shape index (κ1) is 9.90. The first-order valence-corrected chi connectivity index (χ1v) is 3.26. The molecule has 1 amide bonds. The number of rotatable bonds is 5. The molecule has 0 saturated carbocycles. The molecule has 11 heavy (non-hydrogen) atoms. The molecule has 0 atom stereocenters. The first-order chi connectivity index (χ1) is 5.16. The van der Waals surface area contributed by atoms with E-state index in [0.717, 1.165) is 0 Å². The summed E-state index contributed by atoms with van der Waals surface area (Å²) in [6.45, 7) is -0.397. The van der Waals surface area contributed by atoms with Crippen LogP contribution in [0.2, 0.25) is 0 Å². The Balaban J connectivity index is 3.24. The van der Waals surface area contributed by atoms with Gasteiger partial charge in [0.15, 0.2) is 0 Å². The minimum absolute atomic E-state index is 0.0150. The number of nitrogens with one attached hydrogen (secondary N) is 1. The molecule has 0 aliphatic carbocycles. The third-order valence-corrected chi connectivity index (χ3v) is 1.07. The molecule has 3 N–H and O–H groups in total. The van der Waals surface area contributed by atoms with E-state index in [1.165, 1.54) is 0 Å². The number of carboxylic acid groups (broad SMARTS) is 1. The molecule has 5 nitrogen and oxygen atoms in total. The van der Waals surface area contributed by atoms with Gasteiger partial charge in [0.25, 0.3) is 0 Å². The maximum atomic E-state index is 10.6. The molecule has 0 aromatic carbocycles. The molecule has 0 saturated heterocycles. The zero-order valence-corrected chi connectivity index (χ0v) is 6.04. The van der Waals surface area contributed by atoms with Crippen LogP contribution in [0.3, 0.4) is 0 Å². The lowest BCUT2D eigenvalue weighted by molar-refractivity contribution is -0.137. The van der Waals surface area contributed by atoms with Gasteiger partial charge in [-0.05, 0) is 6.42 Å². The number of aliphatic hydroxyl groups excluding tert-OH is 1. The summed E-state index contributed by atoms with van der Waals surface area (Å²) < 4.78 is 0. The number of amides is 1. The second-order valence-corrected chi connectivity index (χ2v) is 2.01. The third kappa shape index (κ3) is 6.79. The Labute approximate surface area is 64.0 Å². The molecule has 0 rings (SSSR count). The number of hydrogen-bond donors (Lipinski definition) is 3. The number of carbonyl (C=O) groups is 2. The van der Waals surface area contributed by atoms with Gasteiger partial charge in [-0.2, -0.15) is 0 Å². The Hall–Kier alpha value is -1.10. The van der Waals surface area contributed by atoms with Gasteiger partial charge >= 0.3 is 5.97 Å². The molecule has 0 unspecified atom stereocenters. The summed E-state index contributed by atoms with van der Waals surface area (Å²) in [7, 11) is 0. The molecular formula is C6H11NO4. The summed E-state index contributed by atoms with van der Waals surface area (Å²) in [4.78, 5) is 20.5. The van der Waals surface area contributed by atoms with Crippen molar-refractivity contribution in [2.75, 3.05) is 6.73 Å². The van der Waals surface area contributed by atoms with E-state index in [-0.39, 0.29) is 18.7 Å². The van der Waals surface area contributed by atoms with Crippen LogP contribution >= 0.6 is 0 Å². The smallest absolute Gasteiger partial charge is 0.303 e. The second kappa shape index (κ2) is 5.67. The maximum Gasteiger partial charge on any atom is 0.303 e. The predicted octanol–water partition coefficient (Wildman–Crippen LogP) is -0.693. The van der Waals surface area contributed by atoms with Crippen molar-refractivity contribution in [3.63, 3.8) is 0 Å². The second-order valence-electron chi connectivity index (χ2n) is 2.01. The number of carbonyl (C=O) groups excluding carboxylic acids is 1. The van der Waals surface area contributed by atoms with E-state index in [2.05, 4.69) is 5.32 Å². The lowest BCUT2D eigenvalue weighted by Crippen LogP contribution is -2.23. The van der Waals surface area contributed by atoms with Crippen LogP contribution in [0, 0.1) is 0 Å². The first-order valence-electron chi connectivity index (χ1n) is 3.26. The minimum Gasteiger partial charge on any atom is -0.481 e. The molecule has 0 aromatic heterocycles. The van der Waals surface area contributed by atoms with Gasteiger partial charge < -0.3 is 15.5 Å². The van der Waals surface area contributed by atoms with E-state index in [1.54, 1.807) is 0 Å². The molecule has 0 aliphatic rings. The van der Waals surface area contributed by atoms with Gasteiger partial charge in [-0.3, -0.25) is 9.59 Å². The topological polar surface area (TPSA) is 86.6 Å². The van der Waals surface area contributed by atoms with Crippen molar-refractivity contribution >= 4 is 11.9 Å². The van der Waals surface area contributed by atoms with E-state index < -0.39 is 12.7 Å². The SMILES string of the molecule is O=C(O)CCCC(=O)NCO. The summed E-state index contributed by atoms with van der Waals surface area (Å²) in [5.41, 5.74) is 0. The summed E-state index contributed by atoms with van der Waals surface area (Å²) in [6.07, 6.45) is 0.437. The van der Waals surface area contributed by atoms with Gasteiger partial charge in [-0.15, -0.1) is 0 Å². The number of hydrogen-bond acceptors (Lipinski definition) is 3. The Morgan fingerprint density at radius 1 is 1.27 bits per heavy atom. The summed E-state index contributed by atoms with van der Waals surface area (Å²) in [5, 5.41) is 18.5. The fourth-order valence-electron chi connectivity index (χ4n) is 0.577. The van der Waals surface area contributed by atoms with E-state index in [4.69, 9.17) is 10.2 Å². The Kier molecular flexibility index (Phi) is 5.10. The van der Waals surface area contributed by atoms with Gasteiger partial charge in [-0.1, -0.05) is 0 Å². The molecule has 0 radical (unpaired) electrons. The molecule has 0 heterocycles. The van der Waals surface area contributed by atoms with Crippen LogP contribution in [0.15, 0.2) is 0 Å². The fraction of sp³-hybridized carbons (Fsp3) is 0.667. The summed E-state index contributed by atoms with van der Waals surface area (Å²) >= 11 is 0. The van der Waals surface area contributed by atoms with Gasteiger partial charge in [0, 0.05) is 12.8 Å². The van der Waals surface area contributed by atoms with Crippen LogP contribution in [0.4, 0.5) is 0 Å². The van der Waals surface area contributed by atoms with Crippen molar-refractivity contribution in [2.45, 2.75) is 19.3 Å². The van der Waals surface area contributed by atoms with Gasteiger partial charge in [-0.25, -0.2) is 0 Å². The molecule has 0 bridgehead atoms. The number of carboxylic acids is 1. The van der Waals surface area contributed by atoms with Crippen LogP contribution in [0.1, 0.15) is 19.3 Å². The van der Waals surface area contributed by atoms with Crippen molar-refractivity contribution in [2.24, 2.45) is 0 Å². The Bertz CT molecular complexity index is 146. The van der Waals surface area contributed by atoms with Crippen LogP contribution in [0.5, 0.6) is 0 Å². The largest absolute Gasteiger partial charge is 0.481 e. The number of aliphatic hydroxyl groups is 1. The highest BCUT2D eigenvalue weighted by molar-refractivity contribution is 5.76. The standard InChI is InChI=1S/C6H11NO4/c8-4-7-5(9)2-1-3-6(10)11/h8H,1-4H2,(H,7,9)(H,10,11). The zero-order valence-electron chi connectivity index (χ0n) is 6.04. The number of aliphatic carboxylic acids is 1. The summed E-state index contributed by atoms with van der Waals surface area (Å²) in [6, 6.07) is 0. The van der Waals surface area contributed by atoms with Crippen LogP contribution in [-0.2, 0) is 9.59 Å². The van der Waals surface area contributed by atoms with Crippen molar-refractivity contribution in [3.8, 4) is 0 Å². The van der Waals surface area contributed by atoms with Crippen LogP contribution < -0.4 is 5.32 Å². The Morgan fingerprint density at radius 2 is 1.91 bits per heavy atom. The molecule has 5 heteroatoms. The molecule has 0 spiro atoms. The van der Waals surface area contributed by atoms with Crippen molar-refractivity contribution in [1.82, 2.24) is 5.32 Å². The average molecular weight is 161 g/mol. The predicted molar refractivity (Wildman–Crippen MR) is 36.7 cm³/mol. The van der Waals surface area contributed by atoms with Gasteiger partial charge in [0.05, 0.1) is 0 Å². The minimum atomic E-state index is -0.915. The lowest BCUT2D eigenvalue weighted by Gasteiger charge is -1.98. The molecule has 0 aromatic rings. The van der Waals surface area contributed by atoms with Crippen LogP contribution in [-0.4, -0.2) is 28.8 Å². The molecule has 0 aliphatic heterocycles. The van der Waals surface area contributed by atoms with E-state index in [0.29, 0.717) is 6.42 Å². The molecule has 64 valence electrons. The normalized spacial score (nSPS) is 9.18. The molecule has 0 fully saturated rings. The highest BCUT2D eigenvalue weighted by Crippen LogP contribution is 1.94. The van der Waals surface area contributed by atoms with Crippen molar-refractivity contribution in [1.29, 1.82) is 0 Å². The third-order valence-electron chi connectivity index (χ3n) is 1.07. The van der Waals surface area contributed by atoms with Gasteiger partial charge in [0.2, 0.25) is 5.91 Å². The fourth-order valence-corrected chi connectivity index (χ4v) is 0.577. The lowest BCUT2D eigenvalue weighted by atomic mass is 10.2. The van der Waals surface area contributed by atoms with Crippen LogP contribution in [0.25, 0.3) is 0 Å². The summed E-state index contributed by atoms with van der Waals surface area (Å²) in [5.74, 6) is -1.24. The van der Waals surface area contributed by atoms with E-state index in [1.807, 2.05) is 0 Å². The maximum absolute atomic E-state index is 10.6. The highest BCUT2D eigenvalue weighted by atomic mass is 16.4. The monoisotopic (exact) mass is 161 g/mol. The van der Waals surface area contributed by atoms with Crippen molar-refractivity contribution < 1.29 is 19.8 Å². The molecular weight excluding hydrogens is 150 g/mol. The zero-order chi connectivity index (χ0) is 8.69. The highest BCUT2D eigenvalue weighted by Gasteiger charge is 2.01. The average Bonchev–Trinajstić information content (AvgIpc) is 1.87. The van der Waals surface area contributed by atoms with Gasteiger partial charge in [0.1, 0.15) is 6.73 Å². The van der Waals surface area contributed by atoms with Crippen molar-refractivity contribution in [3.05, 3.63) is 0 Å². The quantitative estimate of drug-likeness (QED) is 0.466. The van der Waals surface area contributed by atoms with E-state index >= 15 is 0 Å². The van der Waals surface area contributed by atoms with E-state index in [9.17, 15) is 9.59 Å². The Morgan fingerprint density at radius 3 is 2.36 bits per heavy atom.